The van der Waals surface area contributed by atoms with Gasteiger partial charge in [-0.25, -0.2) is 0 Å². The first kappa shape index (κ1) is 67.6. The summed E-state index contributed by atoms with van der Waals surface area (Å²) in [6.07, 6.45) is 12.0. The van der Waals surface area contributed by atoms with Crippen LogP contribution in [-0.4, -0.2) is 135 Å². The number of carboxylic acid groups (broad SMARTS) is 1. The number of ether oxygens (including phenoxy) is 4. The lowest BCUT2D eigenvalue weighted by Crippen LogP contribution is -2.61. The number of carbonyl (C=O) groups excluding carboxylic acids is 2. The molecule has 16 nitrogen and oxygen atoms in total. The third kappa shape index (κ3) is 27.7. The van der Waals surface area contributed by atoms with Crippen LogP contribution in [0.25, 0.3) is 0 Å². The first-order valence-corrected chi connectivity index (χ1v) is 30.7. The maximum absolute atomic E-state index is 14.1. The van der Waals surface area contributed by atoms with Gasteiger partial charge in [0.05, 0.1) is 24.7 Å². The molecule has 7 N–H and O–H groups in total. The summed E-state index contributed by atoms with van der Waals surface area (Å²) in [6.45, 7) is 16.5. The molecule has 17 heteroatoms. The predicted octanol–water partition coefficient (Wildman–Crippen LogP) is 9.75. The molecule has 74 heavy (non-hydrogen) atoms. The van der Waals surface area contributed by atoms with Crippen LogP contribution in [-0.2, 0) is 46.6 Å². The Labute approximate surface area is 447 Å². The molecule has 0 radical (unpaired) electrons. The van der Waals surface area contributed by atoms with Gasteiger partial charge in [-0.3, -0.25) is 14.4 Å². The first-order chi connectivity index (χ1) is 35.4. The van der Waals surface area contributed by atoms with Crippen molar-refractivity contribution in [1.82, 2.24) is 5.32 Å². The molecule has 1 aliphatic heterocycles. The van der Waals surface area contributed by atoms with Crippen molar-refractivity contribution < 1.29 is 67.0 Å². The molecule has 0 spiro atoms. The van der Waals surface area contributed by atoms with Gasteiger partial charge in [-0.1, -0.05) is 134 Å². The standard InChI is InChI=1S/C57H104N2O14Si/c1-9-13-14-15-16-17-18-19-20-21-22-23-24-25-26-30-37-68-56-51(62)52(50(61)48(73-56)35-38-67-43(5)42-60)72-49(53(58)63)41-46(54(64)59-57(6,7)8)33-34-47(55(65)66)40-45(44-31-28-27-29-32-44)36-39-74(69-10-2,70-11-3)71-12-4/h27-29,31-32,43,45-52,56,60-62H,9-26,30,33-42H2,1-8H3,(H2,58,63)(H,59,64)(H,65,66). The zero-order chi connectivity index (χ0) is 54.8. The molecular formula is C57H104N2O14Si. The Bertz CT molecular complexity index is 1590. The summed E-state index contributed by atoms with van der Waals surface area (Å²) < 4.78 is 42.6. The molecule has 1 heterocycles. The Morgan fingerprint density at radius 3 is 1.74 bits per heavy atom. The average Bonchev–Trinajstić information content (AvgIpc) is 3.35. The van der Waals surface area contributed by atoms with Crippen LogP contribution in [0.3, 0.4) is 0 Å². The molecule has 2 rings (SSSR count). The lowest BCUT2D eigenvalue weighted by molar-refractivity contribution is -0.310. The van der Waals surface area contributed by atoms with E-state index in [1.165, 1.54) is 77.0 Å². The van der Waals surface area contributed by atoms with Crippen LogP contribution in [0.4, 0.5) is 0 Å². The maximum Gasteiger partial charge on any atom is 0.500 e. The Balaban J connectivity index is 2.21. The highest BCUT2D eigenvalue weighted by molar-refractivity contribution is 6.60. The van der Waals surface area contributed by atoms with Crippen molar-refractivity contribution in [2.75, 3.05) is 39.6 Å². The zero-order valence-electron chi connectivity index (χ0n) is 47.1. The van der Waals surface area contributed by atoms with E-state index in [2.05, 4.69) is 12.2 Å². The summed E-state index contributed by atoms with van der Waals surface area (Å²) in [5, 5.41) is 46.6. The molecule has 0 aromatic heterocycles. The molecule has 0 saturated carbocycles. The molecule has 0 aliphatic carbocycles. The number of aliphatic carboxylic acids is 1. The van der Waals surface area contributed by atoms with Gasteiger partial charge < -0.3 is 63.7 Å². The summed E-state index contributed by atoms with van der Waals surface area (Å²) in [5.41, 5.74) is 6.30. The third-order valence-corrected chi connectivity index (χ3v) is 17.0. The molecule has 430 valence electrons. The van der Waals surface area contributed by atoms with Gasteiger partial charge in [-0.15, -0.1) is 0 Å². The van der Waals surface area contributed by atoms with Crippen molar-refractivity contribution in [2.45, 2.75) is 257 Å². The number of carboxylic acids is 1. The van der Waals surface area contributed by atoms with Crippen LogP contribution < -0.4 is 11.1 Å². The largest absolute Gasteiger partial charge is 0.500 e. The van der Waals surface area contributed by atoms with Crippen molar-refractivity contribution in [2.24, 2.45) is 17.6 Å². The zero-order valence-corrected chi connectivity index (χ0v) is 48.1. The summed E-state index contributed by atoms with van der Waals surface area (Å²) >= 11 is 0. The van der Waals surface area contributed by atoms with Gasteiger partial charge in [-0.05, 0) is 105 Å². The second-order valence-electron chi connectivity index (χ2n) is 21.5. The second kappa shape index (κ2) is 38.9. The topological polar surface area (TPSA) is 235 Å². The van der Waals surface area contributed by atoms with E-state index in [9.17, 15) is 34.8 Å². The average molecular weight is 1070 g/mol. The van der Waals surface area contributed by atoms with E-state index in [0.717, 1.165) is 31.2 Å². The number of primary amides is 1. The summed E-state index contributed by atoms with van der Waals surface area (Å²) in [5.74, 6) is -4.40. The van der Waals surface area contributed by atoms with E-state index in [-0.39, 0.29) is 57.8 Å². The number of aliphatic hydroxyl groups excluding tert-OH is 3. The molecule has 2 amide bonds. The van der Waals surface area contributed by atoms with Crippen LogP contribution in [0, 0.1) is 11.8 Å². The van der Waals surface area contributed by atoms with Crippen molar-refractivity contribution in [3.63, 3.8) is 0 Å². The highest BCUT2D eigenvalue weighted by atomic mass is 28.4. The number of benzene rings is 1. The van der Waals surface area contributed by atoms with Crippen molar-refractivity contribution >= 4 is 26.6 Å². The quantitative estimate of drug-likeness (QED) is 0.0264. The van der Waals surface area contributed by atoms with Crippen molar-refractivity contribution in [3.05, 3.63) is 35.9 Å². The minimum atomic E-state index is -3.07. The van der Waals surface area contributed by atoms with E-state index in [1.807, 2.05) is 71.9 Å². The molecule has 1 fully saturated rings. The van der Waals surface area contributed by atoms with Gasteiger partial charge in [0.25, 0.3) is 0 Å². The highest BCUT2D eigenvalue weighted by Crippen LogP contribution is 2.36. The second-order valence-corrected chi connectivity index (χ2v) is 24.2. The number of hydrogen-bond acceptors (Lipinski definition) is 13. The Morgan fingerprint density at radius 1 is 0.730 bits per heavy atom. The predicted molar refractivity (Wildman–Crippen MR) is 291 cm³/mol. The molecular weight excluding hydrogens is 965 g/mol. The van der Waals surface area contributed by atoms with Crippen LogP contribution in [0.5, 0.6) is 0 Å². The number of nitrogens with two attached hydrogens (primary N) is 1. The number of hydrogen-bond donors (Lipinski definition) is 6. The number of unbranched alkanes of at least 4 members (excludes halogenated alkanes) is 15. The third-order valence-electron chi connectivity index (χ3n) is 13.9. The molecule has 0 bridgehead atoms. The van der Waals surface area contributed by atoms with Crippen LogP contribution >= 0.6 is 0 Å². The van der Waals surface area contributed by atoms with Crippen LogP contribution in [0.15, 0.2) is 30.3 Å². The number of nitrogens with one attached hydrogen (secondary N) is 1. The van der Waals surface area contributed by atoms with Gasteiger partial charge in [-0.2, -0.15) is 0 Å². The Hall–Kier alpha value is -2.55. The van der Waals surface area contributed by atoms with Gasteiger partial charge in [0.2, 0.25) is 11.8 Å². The summed E-state index contributed by atoms with van der Waals surface area (Å²) in [7, 11) is -3.07. The Morgan fingerprint density at radius 2 is 1.26 bits per heavy atom. The molecule has 10 atom stereocenters. The summed E-state index contributed by atoms with van der Waals surface area (Å²) in [4.78, 5) is 40.6. The number of carbonyl (C=O) groups is 3. The van der Waals surface area contributed by atoms with Gasteiger partial charge in [0.15, 0.2) is 6.29 Å². The minimum Gasteiger partial charge on any atom is -0.481 e. The molecule has 1 saturated heterocycles. The van der Waals surface area contributed by atoms with Crippen molar-refractivity contribution in [3.8, 4) is 0 Å². The molecule has 1 aromatic rings. The summed E-state index contributed by atoms with van der Waals surface area (Å²) in [6, 6.07) is 10.2. The maximum atomic E-state index is 14.1. The monoisotopic (exact) mass is 1070 g/mol. The fourth-order valence-electron chi connectivity index (χ4n) is 9.83. The molecule has 1 aromatic carbocycles. The SMILES string of the molecule is CCCCCCCCCCCCCCCCCCOC1OC(CCOC(C)CO)C(O)C(OC(CC(CCC(CC(CC[Si](OCC)(OCC)OCC)c2ccccc2)C(=O)O)C(=O)NC(C)(C)C)C(N)=O)C1O. The van der Waals surface area contributed by atoms with E-state index in [1.54, 1.807) is 6.92 Å². The van der Waals surface area contributed by atoms with E-state index >= 15 is 0 Å². The number of amides is 2. The first-order valence-electron chi connectivity index (χ1n) is 28.8. The molecule has 1 aliphatic rings. The lowest BCUT2D eigenvalue weighted by Gasteiger charge is -2.43. The van der Waals surface area contributed by atoms with Gasteiger partial charge in [0, 0.05) is 50.5 Å². The van der Waals surface area contributed by atoms with Gasteiger partial charge >= 0.3 is 14.8 Å². The van der Waals surface area contributed by atoms with Crippen LogP contribution in [0.2, 0.25) is 6.04 Å². The normalized spacial score (nSPS) is 20.4. The smallest absolute Gasteiger partial charge is 0.481 e. The number of aliphatic hydroxyl groups is 3. The fourth-order valence-corrected chi connectivity index (χ4v) is 12.5. The highest BCUT2D eigenvalue weighted by Gasteiger charge is 2.48. The van der Waals surface area contributed by atoms with E-state index in [4.69, 9.17) is 38.0 Å². The number of rotatable bonds is 45. The lowest BCUT2D eigenvalue weighted by atomic mass is 9.82. The fraction of sp³-hybridized carbons (Fsp3) is 0.842. The van der Waals surface area contributed by atoms with E-state index < -0.39 is 86.9 Å². The van der Waals surface area contributed by atoms with Crippen molar-refractivity contribution in [1.29, 1.82) is 0 Å². The van der Waals surface area contributed by atoms with Crippen LogP contribution in [0.1, 0.15) is 208 Å². The minimum absolute atomic E-state index is 0.0655. The Kier molecular flexibility index (Phi) is 35.5. The van der Waals surface area contributed by atoms with E-state index in [0.29, 0.717) is 32.3 Å². The molecule has 10 unspecified atom stereocenters. The van der Waals surface area contributed by atoms with Gasteiger partial charge in [0.1, 0.15) is 24.4 Å².